The molecule has 0 saturated carbocycles. The van der Waals surface area contributed by atoms with Crippen LogP contribution < -0.4 is 5.32 Å². The number of hydrogen-bond donors (Lipinski definition) is 1. The summed E-state index contributed by atoms with van der Waals surface area (Å²) in [6, 6.07) is 4.38. The minimum atomic E-state index is -4.03. The molecule has 5 nitrogen and oxygen atoms in total. The molecular weight excluding hydrogens is 327 g/mol. The van der Waals surface area contributed by atoms with Gasteiger partial charge in [0, 0.05) is 11.8 Å². The molecule has 1 aliphatic heterocycles. The van der Waals surface area contributed by atoms with Gasteiger partial charge in [-0.2, -0.15) is 4.31 Å². The van der Waals surface area contributed by atoms with Crippen LogP contribution in [0.2, 0.25) is 0 Å². The highest BCUT2D eigenvalue weighted by molar-refractivity contribution is 8.00. The smallest absolute Gasteiger partial charge is 0.247 e. The van der Waals surface area contributed by atoms with E-state index in [0.29, 0.717) is 5.75 Å². The first-order valence-electron chi connectivity index (χ1n) is 7.02. The number of benzene rings is 1. The van der Waals surface area contributed by atoms with Gasteiger partial charge in [-0.15, -0.1) is 11.8 Å². The Bertz CT molecular complexity index is 651. The fourth-order valence-electron chi connectivity index (χ4n) is 2.09. The lowest BCUT2D eigenvalue weighted by Gasteiger charge is -2.24. The van der Waals surface area contributed by atoms with Crippen LogP contribution in [0.3, 0.4) is 0 Å². The van der Waals surface area contributed by atoms with E-state index >= 15 is 0 Å². The van der Waals surface area contributed by atoms with Gasteiger partial charge in [-0.3, -0.25) is 4.79 Å². The van der Waals surface area contributed by atoms with Crippen LogP contribution in [0.25, 0.3) is 0 Å². The van der Waals surface area contributed by atoms with Gasteiger partial charge in [0.15, 0.2) is 0 Å². The molecule has 122 valence electrons. The highest BCUT2D eigenvalue weighted by Gasteiger charge is 2.41. The van der Waals surface area contributed by atoms with Gasteiger partial charge in [-0.05, 0) is 25.5 Å². The SMILES string of the molecule is CCC(C)NC(=O)C1CSCN1S(=O)(=O)c1ccccc1F. The Kier molecular flexibility index (Phi) is 5.46. The molecule has 1 saturated heterocycles. The third kappa shape index (κ3) is 3.44. The quantitative estimate of drug-likeness (QED) is 0.883. The van der Waals surface area contributed by atoms with Gasteiger partial charge in [-0.25, -0.2) is 12.8 Å². The van der Waals surface area contributed by atoms with Gasteiger partial charge >= 0.3 is 0 Å². The van der Waals surface area contributed by atoms with Gasteiger partial charge in [0.05, 0.1) is 5.88 Å². The Hall–Kier alpha value is -1.12. The first-order chi connectivity index (χ1) is 10.4. The molecule has 1 aromatic carbocycles. The summed E-state index contributed by atoms with van der Waals surface area (Å²) in [5.74, 6) is -0.620. The molecule has 2 atom stereocenters. The number of nitrogens with zero attached hydrogens (tertiary/aromatic N) is 1. The topological polar surface area (TPSA) is 66.5 Å². The monoisotopic (exact) mass is 346 g/mol. The van der Waals surface area contributed by atoms with Gasteiger partial charge in [0.25, 0.3) is 0 Å². The molecule has 0 radical (unpaired) electrons. The van der Waals surface area contributed by atoms with E-state index in [1.165, 1.54) is 30.0 Å². The third-order valence-corrected chi connectivity index (χ3v) is 6.63. The molecule has 0 aromatic heterocycles. The molecule has 0 aliphatic carbocycles. The fraction of sp³-hybridized carbons (Fsp3) is 0.500. The maximum absolute atomic E-state index is 13.8. The van der Waals surface area contributed by atoms with E-state index < -0.39 is 21.9 Å². The summed E-state index contributed by atoms with van der Waals surface area (Å²) >= 11 is 1.34. The van der Waals surface area contributed by atoms with Crippen molar-refractivity contribution in [3.63, 3.8) is 0 Å². The molecule has 22 heavy (non-hydrogen) atoms. The largest absolute Gasteiger partial charge is 0.352 e. The summed E-state index contributed by atoms with van der Waals surface area (Å²) < 4.78 is 40.1. The van der Waals surface area contributed by atoms with Crippen molar-refractivity contribution in [1.82, 2.24) is 9.62 Å². The predicted octanol–water partition coefficient (Wildman–Crippen LogP) is 1.80. The zero-order valence-electron chi connectivity index (χ0n) is 12.5. The van der Waals surface area contributed by atoms with Crippen LogP contribution in [0.5, 0.6) is 0 Å². The van der Waals surface area contributed by atoms with E-state index in [9.17, 15) is 17.6 Å². The average Bonchev–Trinajstić information content (AvgIpc) is 2.97. The molecule has 2 unspecified atom stereocenters. The van der Waals surface area contributed by atoms with Crippen LogP contribution in [0.15, 0.2) is 29.2 Å². The van der Waals surface area contributed by atoms with E-state index in [2.05, 4.69) is 5.32 Å². The number of carbonyl (C=O) groups is 1. The zero-order chi connectivity index (χ0) is 16.3. The number of halogens is 1. The highest BCUT2D eigenvalue weighted by Crippen LogP contribution is 2.29. The van der Waals surface area contributed by atoms with Crippen molar-refractivity contribution >= 4 is 27.7 Å². The lowest BCUT2D eigenvalue weighted by atomic mass is 10.2. The normalized spacial score (nSPS) is 20.8. The molecule has 0 bridgehead atoms. The number of sulfonamides is 1. The second kappa shape index (κ2) is 6.97. The van der Waals surface area contributed by atoms with Crippen molar-refractivity contribution in [1.29, 1.82) is 0 Å². The molecule has 1 amide bonds. The van der Waals surface area contributed by atoms with Gasteiger partial charge in [-0.1, -0.05) is 19.1 Å². The Morgan fingerprint density at radius 1 is 1.50 bits per heavy atom. The van der Waals surface area contributed by atoms with Crippen LogP contribution in [0.1, 0.15) is 20.3 Å². The Balaban J connectivity index is 2.27. The van der Waals surface area contributed by atoms with E-state index in [1.54, 1.807) is 0 Å². The van der Waals surface area contributed by atoms with E-state index in [1.807, 2.05) is 13.8 Å². The Morgan fingerprint density at radius 2 is 2.18 bits per heavy atom. The molecule has 0 spiro atoms. The molecule has 1 aliphatic rings. The van der Waals surface area contributed by atoms with Crippen LogP contribution in [0.4, 0.5) is 4.39 Å². The fourth-order valence-corrected chi connectivity index (χ4v) is 5.31. The maximum atomic E-state index is 13.8. The number of nitrogens with one attached hydrogen (secondary N) is 1. The summed E-state index contributed by atoms with van der Waals surface area (Å²) in [7, 11) is -4.03. The highest BCUT2D eigenvalue weighted by atomic mass is 32.2. The van der Waals surface area contributed by atoms with Gasteiger partial charge < -0.3 is 5.32 Å². The number of rotatable bonds is 5. The molecule has 1 heterocycles. The molecular formula is C14H19FN2O3S2. The molecule has 1 aromatic rings. The van der Waals surface area contributed by atoms with Crippen molar-refractivity contribution in [3.8, 4) is 0 Å². The molecule has 1 fully saturated rings. The second-order valence-electron chi connectivity index (χ2n) is 5.16. The number of hydrogen-bond acceptors (Lipinski definition) is 4. The maximum Gasteiger partial charge on any atom is 0.247 e. The van der Waals surface area contributed by atoms with Crippen molar-refractivity contribution in [2.24, 2.45) is 0 Å². The summed E-state index contributed by atoms with van der Waals surface area (Å²) in [5.41, 5.74) is 0. The zero-order valence-corrected chi connectivity index (χ0v) is 14.1. The molecule has 1 N–H and O–H groups in total. The second-order valence-corrected chi connectivity index (χ2v) is 8.01. The van der Waals surface area contributed by atoms with Gasteiger partial charge in [0.1, 0.15) is 16.8 Å². The predicted molar refractivity (Wildman–Crippen MR) is 84.4 cm³/mol. The number of carbonyl (C=O) groups excluding carboxylic acids is 1. The van der Waals surface area contributed by atoms with Crippen LogP contribution in [-0.2, 0) is 14.8 Å². The average molecular weight is 346 g/mol. The molecule has 2 rings (SSSR count). The van der Waals surface area contributed by atoms with Crippen LogP contribution in [-0.4, -0.2) is 42.3 Å². The van der Waals surface area contributed by atoms with Crippen LogP contribution >= 0.6 is 11.8 Å². The van der Waals surface area contributed by atoms with Crippen LogP contribution in [0, 0.1) is 5.82 Å². The molecule has 8 heteroatoms. The summed E-state index contributed by atoms with van der Waals surface area (Å²) in [6.07, 6.45) is 0.756. The lowest BCUT2D eigenvalue weighted by molar-refractivity contribution is -0.124. The number of thioether (sulfide) groups is 1. The lowest BCUT2D eigenvalue weighted by Crippen LogP contribution is -2.49. The van der Waals surface area contributed by atoms with E-state index in [0.717, 1.165) is 16.8 Å². The summed E-state index contributed by atoms with van der Waals surface area (Å²) in [4.78, 5) is 11.9. The summed E-state index contributed by atoms with van der Waals surface area (Å²) in [5, 5.41) is 2.79. The summed E-state index contributed by atoms with van der Waals surface area (Å²) in [6.45, 7) is 3.79. The third-order valence-electron chi connectivity index (χ3n) is 3.57. The van der Waals surface area contributed by atoms with Crippen molar-refractivity contribution in [2.45, 2.75) is 37.2 Å². The van der Waals surface area contributed by atoms with Crippen molar-refractivity contribution in [2.75, 3.05) is 11.6 Å². The number of amides is 1. The van der Waals surface area contributed by atoms with Crippen molar-refractivity contribution in [3.05, 3.63) is 30.1 Å². The first-order valence-corrected chi connectivity index (χ1v) is 9.62. The first kappa shape index (κ1) is 17.2. The Morgan fingerprint density at radius 3 is 2.82 bits per heavy atom. The van der Waals surface area contributed by atoms with Crippen molar-refractivity contribution < 1.29 is 17.6 Å². The minimum Gasteiger partial charge on any atom is -0.352 e. The minimum absolute atomic E-state index is 0.0314. The Labute approximate surface area is 134 Å². The van der Waals surface area contributed by atoms with E-state index in [4.69, 9.17) is 0 Å². The van der Waals surface area contributed by atoms with Gasteiger partial charge in [0.2, 0.25) is 15.9 Å². The van der Waals surface area contributed by atoms with E-state index in [-0.39, 0.29) is 22.7 Å². The standard InChI is InChI=1S/C14H19FN2O3S2/c1-3-10(2)16-14(18)12-8-21-9-17(12)22(19,20)13-7-5-4-6-11(13)15/h4-7,10,12H,3,8-9H2,1-2H3,(H,16,18).